The largest absolute Gasteiger partial charge is 0.353 e. The summed E-state index contributed by atoms with van der Waals surface area (Å²) in [5.41, 5.74) is 6.56. The van der Waals surface area contributed by atoms with Crippen molar-refractivity contribution in [2.75, 3.05) is 11.9 Å². The fraction of sp³-hybridized carbons (Fsp3) is 0.250. The second-order valence-corrected chi connectivity index (χ2v) is 8.65. The van der Waals surface area contributed by atoms with Gasteiger partial charge in [0.15, 0.2) is 0 Å². The summed E-state index contributed by atoms with van der Waals surface area (Å²) in [6.45, 7) is 7.17. The van der Waals surface area contributed by atoms with Gasteiger partial charge in [0, 0.05) is 48.3 Å². The molecule has 0 aliphatic heterocycles. The second kappa shape index (κ2) is 10.8. The van der Waals surface area contributed by atoms with Crippen molar-refractivity contribution < 1.29 is 0 Å². The predicted molar refractivity (Wildman–Crippen MR) is 136 cm³/mol. The lowest BCUT2D eigenvalue weighted by Crippen LogP contribution is -2.41. The SMILES string of the molecule is Cc1cccc(-c2cnc(NCC(Cc3ccccc3)NC(C)C)nc2-c2ccncc2)c1. The van der Waals surface area contributed by atoms with Crippen LogP contribution < -0.4 is 10.6 Å². The molecule has 2 aromatic heterocycles. The van der Waals surface area contributed by atoms with Crippen LogP contribution in [0.2, 0.25) is 0 Å². The molecule has 4 aromatic rings. The van der Waals surface area contributed by atoms with E-state index in [4.69, 9.17) is 4.98 Å². The third-order valence-electron chi connectivity index (χ3n) is 5.47. The van der Waals surface area contributed by atoms with E-state index < -0.39 is 0 Å². The Bertz CT molecular complexity index is 1160. The van der Waals surface area contributed by atoms with Crippen molar-refractivity contribution in [1.29, 1.82) is 0 Å². The highest BCUT2D eigenvalue weighted by atomic mass is 15.1. The molecule has 33 heavy (non-hydrogen) atoms. The van der Waals surface area contributed by atoms with Gasteiger partial charge in [0.05, 0.1) is 5.69 Å². The minimum atomic E-state index is 0.261. The average Bonchev–Trinajstić information content (AvgIpc) is 2.83. The number of aryl methyl sites for hydroxylation is 1. The van der Waals surface area contributed by atoms with E-state index in [0.29, 0.717) is 12.0 Å². The molecule has 0 bridgehead atoms. The zero-order chi connectivity index (χ0) is 23.0. The van der Waals surface area contributed by atoms with Gasteiger partial charge in [-0.2, -0.15) is 0 Å². The van der Waals surface area contributed by atoms with E-state index in [0.717, 1.165) is 35.3 Å². The third-order valence-corrected chi connectivity index (χ3v) is 5.47. The van der Waals surface area contributed by atoms with Gasteiger partial charge in [-0.1, -0.05) is 74.0 Å². The molecule has 0 saturated heterocycles. The Hall–Kier alpha value is -3.57. The van der Waals surface area contributed by atoms with Gasteiger partial charge in [-0.05, 0) is 36.6 Å². The smallest absolute Gasteiger partial charge is 0.223 e. The Morgan fingerprint density at radius 1 is 0.879 bits per heavy atom. The van der Waals surface area contributed by atoms with Crippen molar-refractivity contribution >= 4 is 5.95 Å². The number of pyridine rings is 1. The lowest BCUT2D eigenvalue weighted by Gasteiger charge is -2.22. The van der Waals surface area contributed by atoms with Crippen LogP contribution in [-0.4, -0.2) is 33.6 Å². The number of nitrogens with zero attached hydrogens (tertiary/aromatic N) is 3. The van der Waals surface area contributed by atoms with Crippen molar-refractivity contribution in [3.05, 3.63) is 96.4 Å². The Balaban J connectivity index is 1.59. The lowest BCUT2D eigenvalue weighted by atomic mass is 10.00. The highest BCUT2D eigenvalue weighted by Crippen LogP contribution is 2.31. The van der Waals surface area contributed by atoms with Gasteiger partial charge in [0.2, 0.25) is 5.95 Å². The van der Waals surface area contributed by atoms with Gasteiger partial charge in [-0.15, -0.1) is 0 Å². The molecular formula is C28H31N5. The first kappa shape index (κ1) is 22.6. The number of nitrogens with one attached hydrogen (secondary N) is 2. The molecule has 0 fully saturated rings. The molecule has 0 radical (unpaired) electrons. The summed E-state index contributed by atoms with van der Waals surface area (Å²) in [4.78, 5) is 13.8. The van der Waals surface area contributed by atoms with Crippen molar-refractivity contribution in [2.45, 2.75) is 39.3 Å². The zero-order valence-electron chi connectivity index (χ0n) is 19.5. The van der Waals surface area contributed by atoms with Crippen LogP contribution in [0.4, 0.5) is 5.95 Å². The van der Waals surface area contributed by atoms with E-state index >= 15 is 0 Å². The van der Waals surface area contributed by atoms with Gasteiger partial charge in [-0.25, -0.2) is 9.97 Å². The fourth-order valence-corrected chi connectivity index (χ4v) is 4.00. The highest BCUT2D eigenvalue weighted by molar-refractivity contribution is 5.80. The Morgan fingerprint density at radius 2 is 1.67 bits per heavy atom. The molecule has 2 heterocycles. The third kappa shape index (κ3) is 6.24. The van der Waals surface area contributed by atoms with Crippen molar-refractivity contribution in [3.63, 3.8) is 0 Å². The monoisotopic (exact) mass is 437 g/mol. The van der Waals surface area contributed by atoms with Crippen LogP contribution in [-0.2, 0) is 6.42 Å². The quantitative estimate of drug-likeness (QED) is 0.360. The van der Waals surface area contributed by atoms with Gasteiger partial charge in [0.1, 0.15) is 0 Å². The topological polar surface area (TPSA) is 62.7 Å². The zero-order valence-corrected chi connectivity index (χ0v) is 19.5. The Morgan fingerprint density at radius 3 is 2.39 bits per heavy atom. The van der Waals surface area contributed by atoms with Crippen LogP contribution in [0.15, 0.2) is 85.3 Å². The summed E-state index contributed by atoms with van der Waals surface area (Å²) in [6, 6.07) is 23.6. The number of aromatic nitrogens is 3. The van der Waals surface area contributed by atoms with E-state index in [1.807, 2.05) is 18.3 Å². The number of benzene rings is 2. The van der Waals surface area contributed by atoms with Crippen LogP contribution in [0.1, 0.15) is 25.0 Å². The first-order valence-electron chi connectivity index (χ1n) is 11.5. The Labute approximate surface area is 196 Å². The predicted octanol–water partition coefficient (Wildman–Crippen LogP) is 5.54. The van der Waals surface area contributed by atoms with E-state index in [9.17, 15) is 0 Å². The van der Waals surface area contributed by atoms with Crippen LogP contribution in [0.5, 0.6) is 0 Å². The number of hydrogen-bond acceptors (Lipinski definition) is 5. The van der Waals surface area contributed by atoms with Crippen LogP contribution in [0.3, 0.4) is 0 Å². The standard InChI is InChI=1S/C28H31N5/c1-20(2)32-25(17-22-9-5-4-6-10-22)18-30-28-31-19-26(24-11-7-8-21(3)16-24)27(33-28)23-12-14-29-15-13-23/h4-16,19-20,25,32H,17-18H2,1-3H3,(H,30,31,33). The molecule has 5 heteroatoms. The molecule has 2 aromatic carbocycles. The minimum absolute atomic E-state index is 0.261. The van der Waals surface area contributed by atoms with Gasteiger partial charge in [0.25, 0.3) is 0 Å². The van der Waals surface area contributed by atoms with Crippen molar-refractivity contribution in [3.8, 4) is 22.4 Å². The van der Waals surface area contributed by atoms with Crippen LogP contribution in [0, 0.1) is 6.92 Å². The molecule has 1 atom stereocenters. The molecule has 4 rings (SSSR count). The molecule has 5 nitrogen and oxygen atoms in total. The van der Waals surface area contributed by atoms with E-state index in [-0.39, 0.29) is 6.04 Å². The van der Waals surface area contributed by atoms with E-state index in [1.54, 1.807) is 12.4 Å². The van der Waals surface area contributed by atoms with Gasteiger partial charge in [-0.3, -0.25) is 4.98 Å². The second-order valence-electron chi connectivity index (χ2n) is 8.65. The first-order chi connectivity index (χ1) is 16.1. The van der Waals surface area contributed by atoms with Crippen LogP contribution in [0.25, 0.3) is 22.4 Å². The summed E-state index contributed by atoms with van der Waals surface area (Å²) >= 11 is 0. The maximum Gasteiger partial charge on any atom is 0.223 e. The summed E-state index contributed by atoms with van der Waals surface area (Å²) < 4.78 is 0. The molecule has 0 aliphatic carbocycles. The molecule has 0 spiro atoms. The minimum Gasteiger partial charge on any atom is -0.353 e. The number of hydrogen-bond donors (Lipinski definition) is 2. The average molecular weight is 438 g/mol. The summed E-state index contributed by atoms with van der Waals surface area (Å²) in [6.07, 6.45) is 6.45. The maximum absolute atomic E-state index is 4.93. The highest BCUT2D eigenvalue weighted by Gasteiger charge is 2.15. The normalized spacial score (nSPS) is 12.0. The molecule has 0 saturated carbocycles. The van der Waals surface area contributed by atoms with E-state index in [2.05, 4.69) is 96.0 Å². The van der Waals surface area contributed by atoms with Crippen molar-refractivity contribution in [1.82, 2.24) is 20.3 Å². The summed E-state index contributed by atoms with van der Waals surface area (Å²) in [5, 5.41) is 7.13. The fourth-order valence-electron chi connectivity index (χ4n) is 4.00. The van der Waals surface area contributed by atoms with Gasteiger partial charge >= 0.3 is 0 Å². The summed E-state index contributed by atoms with van der Waals surface area (Å²) in [7, 11) is 0. The molecule has 1 unspecified atom stereocenters. The van der Waals surface area contributed by atoms with Gasteiger partial charge < -0.3 is 10.6 Å². The number of rotatable bonds is 9. The molecule has 0 amide bonds. The molecule has 168 valence electrons. The molecule has 0 aliphatic rings. The number of anilines is 1. The van der Waals surface area contributed by atoms with Crippen LogP contribution >= 0.6 is 0 Å². The summed E-state index contributed by atoms with van der Waals surface area (Å²) in [5.74, 6) is 0.627. The molecular weight excluding hydrogens is 406 g/mol. The first-order valence-corrected chi connectivity index (χ1v) is 11.5. The van der Waals surface area contributed by atoms with Crippen molar-refractivity contribution in [2.24, 2.45) is 0 Å². The lowest BCUT2D eigenvalue weighted by molar-refractivity contribution is 0.473. The maximum atomic E-state index is 4.93. The Kier molecular flexibility index (Phi) is 7.43. The molecule has 2 N–H and O–H groups in total. The van der Waals surface area contributed by atoms with E-state index in [1.165, 1.54) is 11.1 Å².